The number of para-hydroxylation sites is 1. The summed E-state index contributed by atoms with van der Waals surface area (Å²) in [5.74, 6) is -0.753. The number of carbonyl (C=O) groups excluding carboxylic acids is 2. The second kappa shape index (κ2) is 7.48. The molecule has 0 radical (unpaired) electrons. The van der Waals surface area contributed by atoms with Crippen molar-refractivity contribution in [3.63, 3.8) is 0 Å². The van der Waals surface area contributed by atoms with Crippen molar-refractivity contribution in [3.05, 3.63) is 63.5 Å². The molecular weight excluding hydrogens is 360 g/mol. The van der Waals surface area contributed by atoms with E-state index in [0.717, 1.165) is 46.3 Å². The molecule has 1 aliphatic carbocycles. The zero-order chi connectivity index (χ0) is 18.8. The van der Waals surface area contributed by atoms with E-state index in [1.54, 1.807) is 18.3 Å². The van der Waals surface area contributed by atoms with E-state index in [1.807, 2.05) is 41.8 Å². The standard InChI is InChI=1S/C21H20N2O3S/c1-13(20(24)22-12-14-6-5-11-27-14)26-21(25)19-15-7-2-3-9-17(15)23-18-10-4-8-16(18)19/h2-3,5-7,9,11,13H,4,8,10,12H2,1H3,(H,22,24)/t13-/m1/s1. The van der Waals surface area contributed by atoms with Gasteiger partial charge >= 0.3 is 5.97 Å². The normalized spacial score (nSPS) is 14.0. The van der Waals surface area contributed by atoms with Gasteiger partial charge in [-0.15, -0.1) is 11.3 Å². The van der Waals surface area contributed by atoms with Gasteiger partial charge in [0, 0.05) is 16.0 Å². The van der Waals surface area contributed by atoms with Gasteiger partial charge in [-0.1, -0.05) is 24.3 Å². The lowest BCUT2D eigenvalue weighted by molar-refractivity contribution is -0.129. The third-order valence-electron chi connectivity index (χ3n) is 4.79. The first-order chi connectivity index (χ1) is 13.1. The number of fused-ring (bicyclic) bond motifs is 2. The van der Waals surface area contributed by atoms with Gasteiger partial charge in [0.2, 0.25) is 0 Å². The number of thiophene rings is 1. The summed E-state index contributed by atoms with van der Waals surface area (Å²) in [5.41, 5.74) is 3.28. The highest BCUT2D eigenvalue weighted by Crippen LogP contribution is 2.30. The summed E-state index contributed by atoms with van der Waals surface area (Å²) in [5, 5.41) is 5.56. The minimum absolute atomic E-state index is 0.299. The van der Waals surface area contributed by atoms with Crippen molar-refractivity contribution in [1.29, 1.82) is 0 Å². The fourth-order valence-electron chi connectivity index (χ4n) is 3.45. The van der Waals surface area contributed by atoms with Crippen LogP contribution in [0.2, 0.25) is 0 Å². The number of ether oxygens (including phenoxy) is 1. The van der Waals surface area contributed by atoms with E-state index in [2.05, 4.69) is 10.3 Å². The number of nitrogens with one attached hydrogen (secondary N) is 1. The van der Waals surface area contributed by atoms with Crippen LogP contribution >= 0.6 is 11.3 Å². The average molecular weight is 380 g/mol. The Hall–Kier alpha value is -2.73. The number of aryl methyl sites for hydroxylation is 1. The number of rotatable bonds is 5. The number of aromatic nitrogens is 1. The van der Waals surface area contributed by atoms with Gasteiger partial charge in [-0.05, 0) is 49.3 Å². The molecular formula is C21H20N2O3S. The number of carbonyl (C=O) groups is 2. The van der Waals surface area contributed by atoms with Gasteiger partial charge in [0.25, 0.3) is 5.91 Å². The largest absolute Gasteiger partial charge is 0.449 e. The van der Waals surface area contributed by atoms with Crippen molar-refractivity contribution in [2.75, 3.05) is 0 Å². The Balaban J connectivity index is 1.53. The van der Waals surface area contributed by atoms with Crippen molar-refractivity contribution in [2.45, 2.75) is 38.8 Å². The topological polar surface area (TPSA) is 68.3 Å². The van der Waals surface area contributed by atoms with Crippen LogP contribution in [0.3, 0.4) is 0 Å². The molecule has 27 heavy (non-hydrogen) atoms. The van der Waals surface area contributed by atoms with Crippen LogP contribution in [-0.2, 0) is 28.9 Å². The Bertz CT molecular complexity index is 998. The first-order valence-corrected chi connectivity index (χ1v) is 9.93. The Morgan fingerprint density at radius 2 is 2.07 bits per heavy atom. The quantitative estimate of drug-likeness (QED) is 0.686. The summed E-state index contributed by atoms with van der Waals surface area (Å²) < 4.78 is 5.53. The molecule has 1 amide bonds. The SMILES string of the molecule is C[C@@H](OC(=O)c1c2c(nc3ccccc13)CCC2)C(=O)NCc1cccs1. The summed E-state index contributed by atoms with van der Waals surface area (Å²) >= 11 is 1.57. The maximum absolute atomic E-state index is 12.9. The summed E-state index contributed by atoms with van der Waals surface area (Å²) in [7, 11) is 0. The second-order valence-corrected chi connectivity index (χ2v) is 7.66. The average Bonchev–Trinajstić information content (AvgIpc) is 3.35. The van der Waals surface area contributed by atoms with Crippen LogP contribution in [0.4, 0.5) is 0 Å². The molecule has 6 heteroatoms. The lowest BCUT2D eigenvalue weighted by atomic mass is 10.0. The summed E-state index contributed by atoms with van der Waals surface area (Å²) in [6.07, 6.45) is 1.81. The zero-order valence-corrected chi connectivity index (χ0v) is 15.8. The minimum atomic E-state index is -0.860. The number of pyridine rings is 1. The third kappa shape index (κ3) is 3.57. The van der Waals surface area contributed by atoms with Crippen LogP contribution in [0.15, 0.2) is 41.8 Å². The number of amides is 1. The molecule has 0 spiro atoms. The molecule has 3 aromatic rings. The zero-order valence-electron chi connectivity index (χ0n) is 15.0. The van der Waals surface area contributed by atoms with Crippen LogP contribution in [0.25, 0.3) is 10.9 Å². The molecule has 2 aromatic heterocycles. The van der Waals surface area contributed by atoms with Gasteiger partial charge in [-0.2, -0.15) is 0 Å². The molecule has 0 saturated carbocycles. The predicted molar refractivity (Wildman–Crippen MR) is 105 cm³/mol. The van der Waals surface area contributed by atoms with Gasteiger partial charge < -0.3 is 10.1 Å². The van der Waals surface area contributed by atoms with Crippen molar-refractivity contribution in [1.82, 2.24) is 10.3 Å². The molecule has 4 rings (SSSR count). The third-order valence-corrected chi connectivity index (χ3v) is 5.67. The molecule has 1 aliphatic rings. The number of nitrogens with zero attached hydrogens (tertiary/aromatic N) is 1. The van der Waals surface area contributed by atoms with Gasteiger partial charge in [0.05, 0.1) is 17.6 Å². The maximum Gasteiger partial charge on any atom is 0.339 e. The maximum atomic E-state index is 12.9. The van der Waals surface area contributed by atoms with E-state index in [0.29, 0.717) is 12.1 Å². The second-order valence-electron chi connectivity index (χ2n) is 6.63. The molecule has 138 valence electrons. The fraction of sp³-hybridized carbons (Fsp3) is 0.286. The fourth-order valence-corrected chi connectivity index (χ4v) is 4.09. The molecule has 1 atom stereocenters. The van der Waals surface area contributed by atoms with E-state index in [-0.39, 0.29) is 5.91 Å². The van der Waals surface area contributed by atoms with Gasteiger partial charge in [-0.25, -0.2) is 4.79 Å². The predicted octanol–water partition coefficient (Wildman–Crippen LogP) is 3.65. The van der Waals surface area contributed by atoms with E-state index in [4.69, 9.17) is 4.74 Å². The monoisotopic (exact) mass is 380 g/mol. The lowest BCUT2D eigenvalue weighted by Gasteiger charge is -2.16. The van der Waals surface area contributed by atoms with E-state index >= 15 is 0 Å². The molecule has 1 aromatic carbocycles. The van der Waals surface area contributed by atoms with Crippen LogP contribution in [-0.4, -0.2) is 23.0 Å². The summed E-state index contributed by atoms with van der Waals surface area (Å²) in [4.78, 5) is 31.0. The molecule has 0 bridgehead atoms. The van der Waals surface area contributed by atoms with Crippen LogP contribution in [0, 0.1) is 0 Å². The number of hydrogen-bond acceptors (Lipinski definition) is 5. The molecule has 1 N–H and O–H groups in total. The molecule has 0 aliphatic heterocycles. The minimum Gasteiger partial charge on any atom is -0.449 e. The Kier molecular flexibility index (Phi) is 4.90. The number of esters is 1. The van der Waals surface area contributed by atoms with Gasteiger partial charge in [0.1, 0.15) is 0 Å². The van der Waals surface area contributed by atoms with Crippen LogP contribution in [0.5, 0.6) is 0 Å². The van der Waals surface area contributed by atoms with Crippen molar-refractivity contribution in [3.8, 4) is 0 Å². The van der Waals surface area contributed by atoms with Crippen LogP contribution < -0.4 is 5.32 Å². The van der Waals surface area contributed by atoms with Gasteiger partial charge in [0.15, 0.2) is 6.10 Å². The smallest absolute Gasteiger partial charge is 0.339 e. The first-order valence-electron chi connectivity index (χ1n) is 9.05. The Morgan fingerprint density at radius 1 is 1.22 bits per heavy atom. The van der Waals surface area contributed by atoms with Gasteiger partial charge in [-0.3, -0.25) is 9.78 Å². The summed E-state index contributed by atoms with van der Waals surface area (Å²) in [6, 6.07) is 11.5. The van der Waals surface area contributed by atoms with Crippen molar-refractivity contribution >= 4 is 34.1 Å². The molecule has 0 saturated heterocycles. The Labute approximate surface area is 161 Å². The van der Waals surface area contributed by atoms with E-state index < -0.39 is 12.1 Å². The van der Waals surface area contributed by atoms with Crippen molar-refractivity contribution < 1.29 is 14.3 Å². The molecule has 2 heterocycles. The van der Waals surface area contributed by atoms with Crippen LogP contribution in [0.1, 0.15) is 39.8 Å². The number of hydrogen-bond donors (Lipinski definition) is 1. The number of benzene rings is 1. The molecule has 5 nitrogen and oxygen atoms in total. The highest BCUT2D eigenvalue weighted by atomic mass is 32.1. The molecule has 0 fully saturated rings. The van der Waals surface area contributed by atoms with E-state index in [9.17, 15) is 9.59 Å². The lowest BCUT2D eigenvalue weighted by Crippen LogP contribution is -2.35. The van der Waals surface area contributed by atoms with Crippen molar-refractivity contribution in [2.24, 2.45) is 0 Å². The Morgan fingerprint density at radius 3 is 2.89 bits per heavy atom. The highest BCUT2D eigenvalue weighted by Gasteiger charge is 2.27. The van der Waals surface area contributed by atoms with E-state index in [1.165, 1.54) is 0 Å². The molecule has 0 unspecified atom stereocenters. The highest BCUT2D eigenvalue weighted by molar-refractivity contribution is 7.09. The first kappa shape index (κ1) is 17.7. The summed E-state index contributed by atoms with van der Waals surface area (Å²) in [6.45, 7) is 2.04.